The molecule has 0 bridgehead atoms. The van der Waals surface area contributed by atoms with Crippen LogP contribution in [0.3, 0.4) is 0 Å². The van der Waals surface area contributed by atoms with Crippen molar-refractivity contribution < 1.29 is 13.2 Å². The van der Waals surface area contributed by atoms with Gasteiger partial charge in [-0.2, -0.15) is 13.2 Å². The van der Waals surface area contributed by atoms with Crippen LogP contribution in [0.15, 0.2) is 83.7 Å². The molecule has 0 N–H and O–H groups in total. The zero-order valence-corrected chi connectivity index (χ0v) is 14.6. The van der Waals surface area contributed by atoms with Gasteiger partial charge in [-0.3, -0.25) is 9.36 Å². The molecule has 0 atom stereocenters. The number of hydrogen-bond acceptors (Lipinski definition) is 2. The maximum atomic E-state index is 13.1. The highest BCUT2D eigenvalue weighted by Crippen LogP contribution is 2.30. The number of alkyl halides is 3. The van der Waals surface area contributed by atoms with E-state index in [1.165, 1.54) is 16.7 Å². The molecule has 0 aliphatic carbocycles. The van der Waals surface area contributed by atoms with E-state index >= 15 is 0 Å². The van der Waals surface area contributed by atoms with Crippen molar-refractivity contribution in [2.75, 3.05) is 0 Å². The summed E-state index contributed by atoms with van der Waals surface area (Å²) in [7, 11) is 0. The first kappa shape index (κ1) is 18.0. The second-order valence-electron chi connectivity index (χ2n) is 6.40. The highest BCUT2D eigenvalue weighted by Gasteiger charge is 2.30. The standard InChI is InChI=1S/C22H15F3N2O/c23-22(24,25)17-12-10-16(11-13-17)20-26-19-9-5-4-8-18(19)21(28)27(20)14-15-6-2-1-3-7-15/h1-13H,14H2. The Morgan fingerprint density at radius 2 is 1.46 bits per heavy atom. The van der Waals surface area contributed by atoms with E-state index in [0.29, 0.717) is 22.3 Å². The molecule has 4 aromatic rings. The average molecular weight is 380 g/mol. The molecule has 3 aromatic carbocycles. The van der Waals surface area contributed by atoms with Crippen LogP contribution in [0.5, 0.6) is 0 Å². The summed E-state index contributed by atoms with van der Waals surface area (Å²) in [4.78, 5) is 17.7. The summed E-state index contributed by atoms with van der Waals surface area (Å²) >= 11 is 0. The molecule has 0 aliphatic rings. The molecule has 1 aromatic heterocycles. The average Bonchev–Trinajstić information content (AvgIpc) is 2.70. The van der Waals surface area contributed by atoms with E-state index in [1.807, 2.05) is 30.3 Å². The summed E-state index contributed by atoms with van der Waals surface area (Å²) in [6.45, 7) is 0.272. The minimum atomic E-state index is -4.42. The fraction of sp³-hybridized carbons (Fsp3) is 0.0909. The lowest BCUT2D eigenvalue weighted by Gasteiger charge is -2.15. The highest BCUT2D eigenvalue weighted by atomic mass is 19.4. The molecule has 0 saturated heterocycles. The van der Waals surface area contributed by atoms with Crippen LogP contribution < -0.4 is 5.56 Å². The quantitative estimate of drug-likeness (QED) is 0.494. The van der Waals surface area contributed by atoms with Gasteiger partial charge >= 0.3 is 6.18 Å². The van der Waals surface area contributed by atoms with Crippen molar-refractivity contribution in [3.05, 3.63) is 100 Å². The van der Waals surface area contributed by atoms with Crippen molar-refractivity contribution in [1.82, 2.24) is 9.55 Å². The molecule has 6 heteroatoms. The fourth-order valence-electron chi connectivity index (χ4n) is 3.11. The Morgan fingerprint density at radius 1 is 0.821 bits per heavy atom. The van der Waals surface area contributed by atoms with E-state index in [1.54, 1.807) is 24.3 Å². The number of rotatable bonds is 3. The molecule has 3 nitrogen and oxygen atoms in total. The Bertz CT molecular complexity index is 1180. The summed E-state index contributed by atoms with van der Waals surface area (Å²) in [6, 6.07) is 21.0. The van der Waals surface area contributed by atoms with Crippen molar-refractivity contribution in [3.63, 3.8) is 0 Å². The van der Waals surface area contributed by atoms with Crippen molar-refractivity contribution in [3.8, 4) is 11.4 Å². The Morgan fingerprint density at radius 3 is 2.14 bits per heavy atom. The van der Waals surface area contributed by atoms with Gasteiger partial charge in [0.05, 0.1) is 23.0 Å². The van der Waals surface area contributed by atoms with Gasteiger partial charge in [0.2, 0.25) is 0 Å². The lowest BCUT2D eigenvalue weighted by Crippen LogP contribution is -2.24. The van der Waals surface area contributed by atoms with Crippen LogP contribution in [0.4, 0.5) is 13.2 Å². The minimum absolute atomic E-state index is 0.232. The van der Waals surface area contributed by atoms with Crippen LogP contribution >= 0.6 is 0 Å². The molecule has 28 heavy (non-hydrogen) atoms. The van der Waals surface area contributed by atoms with Crippen molar-refractivity contribution in [2.45, 2.75) is 12.7 Å². The number of para-hydroxylation sites is 1. The molecular weight excluding hydrogens is 365 g/mol. The van der Waals surface area contributed by atoms with Crippen LogP contribution in [0.2, 0.25) is 0 Å². The molecule has 140 valence electrons. The predicted molar refractivity (Wildman–Crippen MR) is 102 cm³/mol. The third-order valence-electron chi connectivity index (χ3n) is 4.52. The Labute approximate surface area is 158 Å². The molecular formula is C22H15F3N2O. The summed E-state index contributed by atoms with van der Waals surface area (Å²) in [5.74, 6) is 0.335. The predicted octanol–water partition coefficient (Wildman–Crippen LogP) is 5.13. The molecule has 0 unspecified atom stereocenters. The van der Waals surface area contributed by atoms with E-state index in [9.17, 15) is 18.0 Å². The maximum absolute atomic E-state index is 13.1. The number of nitrogens with zero attached hydrogens (tertiary/aromatic N) is 2. The van der Waals surface area contributed by atoms with Crippen LogP contribution in [-0.2, 0) is 12.7 Å². The van der Waals surface area contributed by atoms with Crippen LogP contribution in [-0.4, -0.2) is 9.55 Å². The Kier molecular flexibility index (Phi) is 4.47. The van der Waals surface area contributed by atoms with E-state index in [-0.39, 0.29) is 12.1 Å². The zero-order chi connectivity index (χ0) is 19.7. The van der Waals surface area contributed by atoms with Crippen LogP contribution in [0.1, 0.15) is 11.1 Å². The number of benzene rings is 3. The Balaban J connectivity index is 1.91. The van der Waals surface area contributed by atoms with Gasteiger partial charge in [-0.25, -0.2) is 4.98 Å². The van der Waals surface area contributed by atoms with Crippen molar-refractivity contribution in [1.29, 1.82) is 0 Å². The first-order valence-corrected chi connectivity index (χ1v) is 8.64. The molecule has 0 amide bonds. The van der Waals surface area contributed by atoms with Gasteiger partial charge in [0.25, 0.3) is 5.56 Å². The third kappa shape index (κ3) is 3.41. The lowest BCUT2D eigenvalue weighted by molar-refractivity contribution is -0.137. The fourth-order valence-corrected chi connectivity index (χ4v) is 3.11. The number of fused-ring (bicyclic) bond motifs is 1. The van der Waals surface area contributed by atoms with Crippen LogP contribution in [0.25, 0.3) is 22.3 Å². The van der Waals surface area contributed by atoms with E-state index in [4.69, 9.17) is 0 Å². The maximum Gasteiger partial charge on any atom is 0.416 e. The summed E-state index contributed by atoms with van der Waals surface area (Å²) in [5.41, 5.74) is 0.881. The zero-order valence-electron chi connectivity index (χ0n) is 14.6. The van der Waals surface area contributed by atoms with Gasteiger partial charge in [0.15, 0.2) is 0 Å². The van der Waals surface area contributed by atoms with Gasteiger partial charge < -0.3 is 0 Å². The van der Waals surface area contributed by atoms with Gasteiger partial charge in [-0.05, 0) is 29.8 Å². The van der Waals surface area contributed by atoms with Gasteiger partial charge in [-0.1, -0.05) is 54.6 Å². The molecule has 1 heterocycles. The summed E-state index contributed by atoms with van der Waals surface area (Å²) < 4.78 is 40.2. The molecule has 0 radical (unpaired) electrons. The third-order valence-corrected chi connectivity index (χ3v) is 4.52. The molecule has 0 saturated carbocycles. The monoisotopic (exact) mass is 380 g/mol. The van der Waals surface area contributed by atoms with Crippen molar-refractivity contribution >= 4 is 10.9 Å². The smallest absolute Gasteiger partial charge is 0.288 e. The molecule has 4 rings (SSSR count). The van der Waals surface area contributed by atoms with Gasteiger partial charge in [0.1, 0.15) is 5.82 Å². The van der Waals surface area contributed by atoms with E-state index in [0.717, 1.165) is 17.7 Å². The van der Waals surface area contributed by atoms with Gasteiger partial charge in [-0.15, -0.1) is 0 Å². The largest absolute Gasteiger partial charge is 0.416 e. The van der Waals surface area contributed by atoms with E-state index < -0.39 is 11.7 Å². The Hall–Kier alpha value is -3.41. The summed E-state index contributed by atoms with van der Waals surface area (Å²) in [6.07, 6.45) is -4.42. The van der Waals surface area contributed by atoms with Crippen LogP contribution in [0, 0.1) is 0 Å². The lowest BCUT2D eigenvalue weighted by atomic mass is 10.1. The molecule has 0 aliphatic heterocycles. The molecule has 0 fully saturated rings. The minimum Gasteiger partial charge on any atom is -0.288 e. The number of aromatic nitrogens is 2. The molecule has 0 spiro atoms. The SMILES string of the molecule is O=c1c2ccccc2nc(-c2ccc(C(F)(F)F)cc2)n1Cc1ccccc1. The highest BCUT2D eigenvalue weighted by molar-refractivity contribution is 5.79. The first-order chi connectivity index (χ1) is 13.4. The van der Waals surface area contributed by atoms with E-state index in [2.05, 4.69) is 4.98 Å². The number of hydrogen-bond donors (Lipinski definition) is 0. The van der Waals surface area contributed by atoms with Gasteiger partial charge in [0, 0.05) is 5.56 Å². The summed E-state index contributed by atoms with van der Waals surface area (Å²) in [5, 5.41) is 0.467. The second kappa shape index (κ2) is 6.96. The number of halogens is 3. The first-order valence-electron chi connectivity index (χ1n) is 8.64. The van der Waals surface area contributed by atoms with Crippen molar-refractivity contribution in [2.24, 2.45) is 0 Å². The topological polar surface area (TPSA) is 34.9 Å². The second-order valence-corrected chi connectivity index (χ2v) is 6.40. The normalized spacial score (nSPS) is 11.7.